The van der Waals surface area contributed by atoms with Gasteiger partial charge in [-0.15, -0.1) is 0 Å². The van der Waals surface area contributed by atoms with Gasteiger partial charge in [-0.2, -0.15) is 0 Å². The first-order valence-corrected chi connectivity index (χ1v) is 4.07. The Kier molecular flexibility index (Phi) is 3.78. The topological polar surface area (TPSA) is 120 Å². The fraction of sp³-hybridized carbons (Fsp3) is 1.00. The molecule has 0 aromatic carbocycles. The molecule has 0 unspecified atom stereocenters. The fourth-order valence-electron chi connectivity index (χ4n) is 1.31. The van der Waals surface area contributed by atoms with E-state index in [0.29, 0.717) is 0 Å². The number of rotatable bonds is 2. The molecule has 0 aromatic rings. The van der Waals surface area contributed by atoms with Crippen LogP contribution in [0.15, 0.2) is 0 Å². The van der Waals surface area contributed by atoms with Crippen molar-refractivity contribution in [2.45, 2.75) is 37.0 Å². The first-order chi connectivity index (χ1) is 6.49. The molecule has 5 atom stereocenters. The molecule has 1 rings (SSSR count). The van der Waals surface area contributed by atoms with Crippen molar-refractivity contribution in [3.63, 3.8) is 0 Å². The van der Waals surface area contributed by atoms with Crippen LogP contribution in [-0.2, 0) is 9.47 Å². The van der Waals surface area contributed by atoms with Crippen molar-refractivity contribution in [2.24, 2.45) is 0 Å². The monoisotopic (exact) mass is 210 g/mol. The van der Waals surface area contributed by atoms with Crippen LogP contribution < -0.4 is 0 Å². The van der Waals surface area contributed by atoms with Gasteiger partial charge < -0.3 is 35.0 Å². The van der Waals surface area contributed by atoms with Crippen molar-refractivity contribution in [3.8, 4) is 0 Å². The number of hydrogen-bond acceptors (Lipinski definition) is 7. The summed E-state index contributed by atoms with van der Waals surface area (Å²) in [6.07, 6.45) is -9.09. The summed E-state index contributed by atoms with van der Waals surface area (Å²) in [6, 6.07) is 0. The van der Waals surface area contributed by atoms with Gasteiger partial charge >= 0.3 is 0 Å². The summed E-state index contributed by atoms with van der Waals surface area (Å²) in [6.45, 7) is 0. The van der Waals surface area contributed by atoms with E-state index in [1.165, 1.54) is 7.11 Å². The summed E-state index contributed by atoms with van der Waals surface area (Å²) in [5.74, 6) is 0. The van der Waals surface area contributed by atoms with Crippen molar-refractivity contribution < 1.29 is 35.0 Å². The van der Waals surface area contributed by atoms with Crippen LogP contribution in [-0.4, -0.2) is 69.6 Å². The molecule has 1 heterocycles. The minimum Gasteiger partial charge on any atom is -0.387 e. The van der Waals surface area contributed by atoms with Crippen LogP contribution in [0.2, 0.25) is 0 Å². The van der Waals surface area contributed by atoms with E-state index >= 15 is 0 Å². The van der Waals surface area contributed by atoms with Gasteiger partial charge in [0.15, 0.2) is 12.6 Å². The number of hydrogen-bond donors (Lipinski definition) is 5. The van der Waals surface area contributed by atoms with Crippen LogP contribution in [0.25, 0.3) is 0 Å². The average molecular weight is 210 g/mol. The molecule has 0 aromatic heterocycles. The van der Waals surface area contributed by atoms with Gasteiger partial charge in [-0.25, -0.2) is 0 Å². The molecule has 7 nitrogen and oxygen atoms in total. The highest BCUT2D eigenvalue weighted by Gasteiger charge is 2.46. The third-order valence-corrected chi connectivity index (χ3v) is 2.13. The summed E-state index contributed by atoms with van der Waals surface area (Å²) in [5, 5.41) is 45.4. The van der Waals surface area contributed by atoms with E-state index in [0.717, 1.165) is 0 Å². The Morgan fingerprint density at radius 3 is 2.07 bits per heavy atom. The van der Waals surface area contributed by atoms with Crippen molar-refractivity contribution in [2.75, 3.05) is 7.11 Å². The highest BCUT2D eigenvalue weighted by molar-refractivity contribution is 4.89. The summed E-state index contributed by atoms with van der Waals surface area (Å²) in [5.41, 5.74) is 0. The maximum absolute atomic E-state index is 9.28. The predicted octanol–water partition coefficient (Wildman–Crippen LogP) is -3.25. The Morgan fingerprint density at radius 2 is 1.64 bits per heavy atom. The largest absolute Gasteiger partial charge is 0.387 e. The number of ether oxygens (including phenoxy) is 2. The van der Waals surface area contributed by atoms with E-state index in [9.17, 15) is 15.3 Å². The van der Waals surface area contributed by atoms with Crippen LogP contribution in [0, 0.1) is 0 Å². The summed E-state index contributed by atoms with van der Waals surface area (Å²) in [4.78, 5) is 0. The van der Waals surface area contributed by atoms with Gasteiger partial charge in [-0.3, -0.25) is 0 Å². The molecule has 0 aliphatic carbocycles. The molecule has 0 saturated carbocycles. The van der Waals surface area contributed by atoms with Gasteiger partial charge in [-0.1, -0.05) is 0 Å². The summed E-state index contributed by atoms with van der Waals surface area (Å²) < 4.78 is 9.45. The molecule has 84 valence electrons. The first kappa shape index (κ1) is 11.8. The Morgan fingerprint density at radius 1 is 1.07 bits per heavy atom. The highest BCUT2D eigenvalue weighted by Crippen LogP contribution is 2.22. The zero-order valence-electron chi connectivity index (χ0n) is 7.52. The van der Waals surface area contributed by atoms with Gasteiger partial charge in [0.05, 0.1) is 0 Å². The lowest BCUT2D eigenvalue weighted by molar-refractivity contribution is -0.323. The lowest BCUT2D eigenvalue weighted by atomic mass is 9.98. The number of aliphatic hydroxyl groups excluding tert-OH is 4. The molecule has 1 aliphatic rings. The molecule has 0 radical (unpaired) electrons. The molecule has 14 heavy (non-hydrogen) atoms. The Labute approximate surface area is 80.1 Å². The third kappa shape index (κ3) is 2.04. The molecule has 1 fully saturated rings. The molecule has 1 aliphatic heterocycles. The SMILES string of the molecule is CO[C@H]1O[C@H](C(O)O)[C@@H](O)[C@H](O)[C@H]1O. The zero-order valence-corrected chi connectivity index (χ0v) is 7.52. The molecule has 7 heteroatoms. The number of aliphatic hydroxyl groups is 5. The highest BCUT2D eigenvalue weighted by atomic mass is 16.7. The lowest BCUT2D eigenvalue weighted by Gasteiger charge is -2.40. The lowest BCUT2D eigenvalue weighted by Crippen LogP contribution is -2.61. The molecule has 0 bridgehead atoms. The first-order valence-electron chi connectivity index (χ1n) is 4.07. The van der Waals surface area contributed by atoms with Crippen LogP contribution >= 0.6 is 0 Å². The van der Waals surface area contributed by atoms with Crippen molar-refractivity contribution in [1.82, 2.24) is 0 Å². The van der Waals surface area contributed by atoms with Gasteiger partial charge in [0, 0.05) is 7.11 Å². The van der Waals surface area contributed by atoms with Gasteiger partial charge in [-0.05, 0) is 0 Å². The molecule has 0 spiro atoms. The Bertz CT molecular complexity index is 183. The number of methoxy groups -OCH3 is 1. The van der Waals surface area contributed by atoms with E-state index in [1.54, 1.807) is 0 Å². The molecular weight excluding hydrogens is 196 g/mol. The van der Waals surface area contributed by atoms with Crippen molar-refractivity contribution in [3.05, 3.63) is 0 Å². The standard InChI is InChI=1S/C7H14O7/c1-13-7-4(10)2(8)3(9)5(14-7)6(11)12/h2-12H,1H3/t2-,3-,4+,5-,7-/m0/s1. The van der Waals surface area contributed by atoms with Crippen LogP contribution in [0.1, 0.15) is 0 Å². The van der Waals surface area contributed by atoms with E-state index < -0.39 is 37.0 Å². The van der Waals surface area contributed by atoms with Crippen LogP contribution in [0.4, 0.5) is 0 Å². The molecule has 5 N–H and O–H groups in total. The zero-order chi connectivity index (χ0) is 10.9. The summed E-state index contributed by atoms with van der Waals surface area (Å²) >= 11 is 0. The van der Waals surface area contributed by atoms with Gasteiger partial charge in [0.1, 0.15) is 24.4 Å². The van der Waals surface area contributed by atoms with Crippen LogP contribution in [0.5, 0.6) is 0 Å². The Hall–Kier alpha value is -0.280. The Balaban J connectivity index is 2.73. The van der Waals surface area contributed by atoms with E-state index in [4.69, 9.17) is 14.9 Å². The minimum absolute atomic E-state index is 1.19. The quantitative estimate of drug-likeness (QED) is 0.304. The normalized spacial score (nSPS) is 44.4. The van der Waals surface area contributed by atoms with Gasteiger partial charge in [0.2, 0.25) is 0 Å². The second kappa shape index (κ2) is 4.49. The second-order valence-electron chi connectivity index (χ2n) is 3.09. The average Bonchev–Trinajstić information content (AvgIpc) is 2.14. The molecule has 0 amide bonds. The smallest absolute Gasteiger partial charge is 0.186 e. The van der Waals surface area contributed by atoms with Crippen molar-refractivity contribution >= 4 is 0 Å². The second-order valence-corrected chi connectivity index (χ2v) is 3.09. The predicted molar refractivity (Wildman–Crippen MR) is 41.9 cm³/mol. The third-order valence-electron chi connectivity index (χ3n) is 2.13. The molecular formula is C7H14O7. The van der Waals surface area contributed by atoms with Crippen molar-refractivity contribution in [1.29, 1.82) is 0 Å². The maximum atomic E-state index is 9.28. The van der Waals surface area contributed by atoms with Crippen LogP contribution in [0.3, 0.4) is 0 Å². The maximum Gasteiger partial charge on any atom is 0.186 e. The molecule has 1 saturated heterocycles. The van der Waals surface area contributed by atoms with E-state index in [1.807, 2.05) is 0 Å². The minimum atomic E-state index is -1.95. The van der Waals surface area contributed by atoms with E-state index in [-0.39, 0.29) is 0 Å². The fourth-order valence-corrected chi connectivity index (χ4v) is 1.31. The van der Waals surface area contributed by atoms with Gasteiger partial charge in [0.25, 0.3) is 0 Å². The van der Waals surface area contributed by atoms with E-state index in [2.05, 4.69) is 4.74 Å². The summed E-state index contributed by atoms with van der Waals surface area (Å²) in [7, 11) is 1.22.